The number of guanidine groups is 1. The fourth-order valence-corrected chi connectivity index (χ4v) is 3.73. The number of hydrogen-bond acceptors (Lipinski definition) is 4. The quantitative estimate of drug-likeness (QED) is 0.247. The van der Waals surface area contributed by atoms with Gasteiger partial charge in [0.15, 0.2) is 5.96 Å². The molecule has 7 heteroatoms. The van der Waals surface area contributed by atoms with Crippen molar-refractivity contribution in [2.24, 2.45) is 4.99 Å². The molecule has 0 saturated carbocycles. The molecule has 2 rings (SSSR count). The summed E-state index contributed by atoms with van der Waals surface area (Å²) < 4.78 is 0. The van der Waals surface area contributed by atoms with Crippen molar-refractivity contribution < 1.29 is 0 Å². The van der Waals surface area contributed by atoms with E-state index in [1.54, 1.807) is 11.3 Å². The molecule has 1 aliphatic rings. The molecule has 0 aromatic carbocycles. The van der Waals surface area contributed by atoms with Gasteiger partial charge in [0.1, 0.15) is 0 Å². The van der Waals surface area contributed by atoms with Gasteiger partial charge >= 0.3 is 0 Å². The second kappa shape index (κ2) is 13.7. The normalized spacial score (nSPS) is 15.7. The number of nitrogens with one attached hydrogen (secondary N) is 2. The number of aromatic nitrogens is 1. The first-order valence-corrected chi connectivity index (χ1v) is 10.2. The Hall–Kier alpha value is -0.410. The minimum atomic E-state index is 0. The third-order valence-electron chi connectivity index (χ3n) is 4.46. The van der Waals surface area contributed by atoms with Gasteiger partial charge in [-0.25, -0.2) is 4.98 Å². The summed E-state index contributed by atoms with van der Waals surface area (Å²) in [5, 5.41) is 10.0. The van der Waals surface area contributed by atoms with Crippen LogP contribution in [0, 0.1) is 6.92 Å². The van der Waals surface area contributed by atoms with E-state index in [4.69, 9.17) is 0 Å². The van der Waals surface area contributed by atoms with Crippen LogP contribution in [0.25, 0.3) is 0 Å². The molecular formula is C18H34IN5S. The summed E-state index contributed by atoms with van der Waals surface area (Å²) in [5.74, 6) is 0.901. The number of unbranched alkanes of at least 4 members (excludes halogenated alkanes) is 2. The Morgan fingerprint density at radius 2 is 1.92 bits per heavy atom. The van der Waals surface area contributed by atoms with E-state index in [1.807, 2.05) is 14.0 Å². The van der Waals surface area contributed by atoms with E-state index in [1.165, 1.54) is 58.2 Å². The number of piperidine rings is 1. The van der Waals surface area contributed by atoms with Crippen LogP contribution in [-0.4, -0.2) is 55.6 Å². The third kappa shape index (κ3) is 9.75. The number of hydrogen-bond donors (Lipinski definition) is 2. The van der Waals surface area contributed by atoms with Crippen molar-refractivity contribution in [2.45, 2.75) is 51.9 Å². The molecule has 5 nitrogen and oxygen atoms in total. The summed E-state index contributed by atoms with van der Waals surface area (Å²) >= 11 is 1.71. The minimum absolute atomic E-state index is 0. The van der Waals surface area contributed by atoms with Gasteiger partial charge < -0.3 is 15.5 Å². The molecule has 0 spiro atoms. The molecule has 0 aliphatic carbocycles. The van der Waals surface area contributed by atoms with E-state index < -0.39 is 0 Å². The fourth-order valence-electron chi connectivity index (χ4n) is 3.08. The van der Waals surface area contributed by atoms with Crippen LogP contribution in [0.3, 0.4) is 0 Å². The third-order valence-corrected chi connectivity index (χ3v) is 5.28. The minimum Gasteiger partial charge on any atom is -0.356 e. The predicted molar refractivity (Wildman–Crippen MR) is 119 cm³/mol. The number of aliphatic imine (C=N–C) groups is 1. The Balaban J connectivity index is 0.00000312. The zero-order chi connectivity index (χ0) is 17.0. The lowest BCUT2D eigenvalue weighted by molar-refractivity contribution is 0.224. The zero-order valence-corrected chi connectivity index (χ0v) is 18.9. The second-order valence-corrected chi connectivity index (χ2v) is 7.56. The highest BCUT2D eigenvalue weighted by molar-refractivity contribution is 14.0. The largest absolute Gasteiger partial charge is 0.356 e. The Morgan fingerprint density at radius 3 is 2.60 bits per heavy atom. The maximum absolute atomic E-state index is 4.48. The average Bonchev–Trinajstić information content (AvgIpc) is 3.02. The lowest BCUT2D eigenvalue weighted by Gasteiger charge is -2.26. The number of thiazole rings is 1. The Kier molecular flexibility index (Phi) is 12.4. The van der Waals surface area contributed by atoms with Crippen LogP contribution in [0.15, 0.2) is 10.4 Å². The van der Waals surface area contributed by atoms with Gasteiger partial charge in [-0.2, -0.15) is 0 Å². The van der Waals surface area contributed by atoms with Crippen LogP contribution in [0.2, 0.25) is 0 Å². The lowest BCUT2D eigenvalue weighted by atomic mass is 10.1. The standard InChI is InChI=1S/C18H33N5S.HI/c1-16-22-17(15-24-16)9-11-21-18(19-2)20-10-5-3-6-12-23-13-7-4-8-14-23;/h15H,3-14H2,1-2H3,(H2,19,20,21);1H. The number of rotatable bonds is 9. The van der Waals surface area contributed by atoms with Crippen molar-refractivity contribution in [1.29, 1.82) is 0 Å². The first-order chi connectivity index (χ1) is 11.8. The molecular weight excluding hydrogens is 445 g/mol. The van der Waals surface area contributed by atoms with Gasteiger partial charge in [0.2, 0.25) is 0 Å². The molecule has 144 valence electrons. The van der Waals surface area contributed by atoms with Gasteiger partial charge in [0.05, 0.1) is 10.7 Å². The van der Waals surface area contributed by atoms with Crippen LogP contribution < -0.4 is 10.6 Å². The van der Waals surface area contributed by atoms with Gasteiger partial charge in [-0.3, -0.25) is 4.99 Å². The van der Waals surface area contributed by atoms with Crippen molar-refractivity contribution in [3.05, 3.63) is 16.1 Å². The number of likely N-dealkylation sites (tertiary alicyclic amines) is 1. The molecule has 2 N–H and O–H groups in total. The van der Waals surface area contributed by atoms with Gasteiger partial charge in [0.25, 0.3) is 0 Å². The molecule has 1 saturated heterocycles. The summed E-state index contributed by atoms with van der Waals surface area (Å²) in [6.45, 7) is 7.82. The molecule has 0 radical (unpaired) electrons. The van der Waals surface area contributed by atoms with Gasteiger partial charge in [-0.1, -0.05) is 12.8 Å². The first-order valence-electron chi connectivity index (χ1n) is 9.36. The molecule has 25 heavy (non-hydrogen) atoms. The van der Waals surface area contributed by atoms with E-state index >= 15 is 0 Å². The summed E-state index contributed by atoms with van der Waals surface area (Å²) in [6, 6.07) is 0. The maximum Gasteiger partial charge on any atom is 0.190 e. The van der Waals surface area contributed by atoms with Crippen LogP contribution in [0.4, 0.5) is 0 Å². The molecule has 2 heterocycles. The summed E-state index contributed by atoms with van der Waals surface area (Å²) in [7, 11) is 1.83. The SMILES string of the molecule is CN=C(NCCCCCN1CCCCC1)NCCc1csc(C)n1.I. The summed E-state index contributed by atoms with van der Waals surface area (Å²) in [5.41, 5.74) is 1.16. The first kappa shape index (κ1) is 22.6. The van der Waals surface area contributed by atoms with Crippen molar-refractivity contribution >= 4 is 41.3 Å². The fraction of sp³-hybridized carbons (Fsp3) is 0.778. The van der Waals surface area contributed by atoms with Crippen molar-refractivity contribution in [3.8, 4) is 0 Å². The predicted octanol–water partition coefficient (Wildman–Crippen LogP) is 3.43. The highest BCUT2D eigenvalue weighted by atomic mass is 127. The molecule has 1 aliphatic heterocycles. The van der Waals surface area contributed by atoms with E-state index in [0.717, 1.165) is 36.2 Å². The van der Waals surface area contributed by atoms with Crippen LogP contribution in [0.5, 0.6) is 0 Å². The van der Waals surface area contributed by atoms with Crippen molar-refractivity contribution in [3.63, 3.8) is 0 Å². The smallest absolute Gasteiger partial charge is 0.190 e. The van der Waals surface area contributed by atoms with E-state index in [-0.39, 0.29) is 24.0 Å². The summed E-state index contributed by atoms with van der Waals surface area (Å²) in [4.78, 5) is 11.4. The van der Waals surface area contributed by atoms with Crippen LogP contribution in [-0.2, 0) is 6.42 Å². The van der Waals surface area contributed by atoms with E-state index in [2.05, 4.69) is 30.9 Å². The number of halogens is 1. The van der Waals surface area contributed by atoms with Crippen LogP contribution >= 0.6 is 35.3 Å². The van der Waals surface area contributed by atoms with Crippen LogP contribution in [0.1, 0.15) is 49.2 Å². The van der Waals surface area contributed by atoms with E-state index in [0.29, 0.717) is 0 Å². The molecule has 1 aromatic rings. The van der Waals surface area contributed by atoms with Gasteiger partial charge in [0, 0.05) is 31.9 Å². The highest BCUT2D eigenvalue weighted by Crippen LogP contribution is 2.10. The Labute approximate surface area is 174 Å². The molecule has 0 unspecified atom stereocenters. The molecule has 0 atom stereocenters. The van der Waals surface area contributed by atoms with E-state index in [9.17, 15) is 0 Å². The summed E-state index contributed by atoms with van der Waals surface area (Å²) in [6.07, 6.45) is 8.97. The number of nitrogens with zero attached hydrogens (tertiary/aromatic N) is 3. The average molecular weight is 479 g/mol. The maximum atomic E-state index is 4.48. The van der Waals surface area contributed by atoms with Crippen molar-refractivity contribution in [2.75, 3.05) is 39.8 Å². The molecule has 1 aromatic heterocycles. The molecule has 1 fully saturated rings. The van der Waals surface area contributed by atoms with Gasteiger partial charge in [-0.05, 0) is 52.2 Å². The topological polar surface area (TPSA) is 52.6 Å². The zero-order valence-electron chi connectivity index (χ0n) is 15.7. The molecule has 0 bridgehead atoms. The molecule has 0 amide bonds. The van der Waals surface area contributed by atoms with Gasteiger partial charge in [-0.15, -0.1) is 35.3 Å². The lowest BCUT2D eigenvalue weighted by Crippen LogP contribution is -2.38. The Bertz CT molecular complexity index is 486. The second-order valence-electron chi connectivity index (χ2n) is 6.50. The highest BCUT2D eigenvalue weighted by Gasteiger charge is 2.08. The Morgan fingerprint density at radius 1 is 1.16 bits per heavy atom. The number of aryl methyl sites for hydroxylation is 1. The van der Waals surface area contributed by atoms with Crippen molar-refractivity contribution in [1.82, 2.24) is 20.5 Å². The monoisotopic (exact) mass is 479 g/mol.